The van der Waals surface area contributed by atoms with Gasteiger partial charge in [0, 0.05) is 36.7 Å². The molecule has 0 aromatic carbocycles. The van der Waals surface area contributed by atoms with Crippen molar-refractivity contribution in [3.05, 3.63) is 39.0 Å². The summed E-state index contributed by atoms with van der Waals surface area (Å²) in [7, 11) is 0. The lowest BCUT2D eigenvalue weighted by Crippen LogP contribution is -2.27. The molecule has 3 aromatic rings. The number of fused-ring (bicyclic) bond motifs is 1. The quantitative estimate of drug-likeness (QED) is 0.371. The average Bonchev–Trinajstić information content (AvgIpc) is 3.35. The van der Waals surface area contributed by atoms with Crippen LogP contribution in [-0.4, -0.2) is 49.4 Å². The van der Waals surface area contributed by atoms with E-state index in [-0.39, 0.29) is 17.6 Å². The van der Waals surface area contributed by atoms with Gasteiger partial charge >= 0.3 is 0 Å². The van der Waals surface area contributed by atoms with Crippen molar-refractivity contribution in [1.29, 1.82) is 0 Å². The van der Waals surface area contributed by atoms with Crippen LogP contribution in [0.15, 0.2) is 17.1 Å². The lowest BCUT2D eigenvalue weighted by atomic mass is 9.95. The molecule has 1 aliphatic rings. The van der Waals surface area contributed by atoms with Crippen molar-refractivity contribution in [3.8, 4) is 0 Å². The van der Waals surface area contributed by atoms with Crippen molar-refractivity contribution >= 4 is 29.9 Å². The number of hydrogen-bond donors (Lipinski definition) is 5. The zero-order valence-electron chi connectivity index (χ0n) is 16.7. The monoisotopic (exact) mass is 397 g/mol. The van der Waals surface area contributed by atoms with Crippen molar-refractivity contribution < 1.29 is 5.11 Å². The second-order valence-electron chi connectivity index (χ2n) is 8.48. The molecule has 0 amide bonds. The van der Waals surface area contributed by atoms with E-state index in [4.69, 9.17) is 4.98 Å². The molecular formula is C20H27N7O2. The smallest absolute Gasteiger partial charge is 0.273 e. The summed E-state index contributed by atoms with van der Waals surface area (Å²) in [5.74, 6) is 2.23. The van der Waals surface area contributed by atoms with E-state index < -0.39 is 0 Å². The van der Waals surface area contributed by atoms with Crippen LogP contribution in [-0.2, 0) is 0 Å². The van der Waals surface area contributed by atoms with Gasteiger partial charge in [0.1, 0.15) is 22.5 Å². The predicted octanol–water partition coefficient (Wildman–Crippen LogP) is 0.237. The van der Waals surface area contributed by atoms with Crippen LogP contribution in [0.3, 0.4) is 0 Å². The minimum Gasteiger partial charge on any atom is -0.396 e. The van der Waals surface area contributed by atoms with Crippen LogP contribution in [0, 0.1) is 11.3 Å². The van der Waals surface area contributed by atoms with Gasteiger partial charge in [-0.25, -0.2) is 4.98 Å². The molecule has 0 bridgehead atoms. The Labute approximate surface area is 167 Å². The number of H-pyrrole nitrogens is 2. The van der Waals surface area contributed by atoms with E-state index in [2.05, 4.69) is 32.3 Å². The molecule has 0 aliphatic heterocycles. The summed E-state index contributed by atoms with van der Waals surface area (Å²) >= 11 is 0. The number of aromatic nitrogens is 5. The molecule has 1 fully saturated rings. The summed E-state index contributed by atoms with van der Waals surface area (Å²) in [5, 5.41) is 21.2. The van der Waals surface area contributed by atoms with E-state index >= 15 is 0 Å². The first kappa shape index (κ1) is 19.3. The molecule has 9 nitrogen and oxygen atoms in total. The maximum Gasteiger partial charge on any atom is 0.273 e. The fraction of sp³-hybridized carbons (Fsp3) is 0.450. The summed E-state index contributed by atoms with van der Waals surface area (Å²) in [4.78, 5) is 22.3. The molecule has 0 radical (unpaired) electrons. The van der Waals surface area contributed by atoms with Gasteiger partial charge in [0.05, 0.1) is 6.20 Å². The molecule has 3 aromatic heterocycles. The Balaban J connectivity index is 1.75. The molecule has 1 aliphatic carbocycles. The first-order valence-corrected chi connectivity index (χ1v) is 9.81. The molecule has 5 N–H and O–H groups in total. The number of imidazole rings is 1. The normalized spacial score (nSPS) is 15.2. The van der Waals surface area contributed by atoms with Crippen LogP contribution in [0.1, 0.15) is 32.3 Å². The zero-order chi connectivity index (χ0) is 20.6. The van der Waals surface area contributed by atoms with Crippen LogP contribution in [0.4, 0.5) is 11.6 Å². The molecule has 0 saturated heterocycles. The van der Waals surface area contributed by atoms with Crippen molar-refractivity contribution in [1.82, 2.24) is 24.6 Å². The molecule has 0 unspecified atom stereocenters. The van der Waals surface area contributed by atoms with Gasteiger partial charge in [0.2, 0.25) is 0 Å². The van der Waals surface area contributed by atoms with Crippen LogP contribution in [0.25, 0.3) is 18.3 Å². The molecule has 0 spiro atoms. The maximum absolute atomic E-state index is 12.0. The summed E-state index contributed by atoms with van der Waals surface area (Å²) in [6.45, 7) is 9.22. The van der Waals surface area contributed by atoms with Crippen molar-refractivity contribution in [2.45, 2.75) is 26.7 Å². The highest BCUT2D eigenvalue weighted by atomic mass is 16.3. The number of hydrogen-bond acceptors (Lipinski definition) is 6. The third-order valence-electron chi connectivity index (χ3n) is 5.04. The Kier molecular flexibility index (Phi) is 4.91. The van der Waals surface area contributed by atoms with E-state index in [0.29, 0.717) is 34.8 Å². The van der Waals surface area contributed by atoms with E-state index in [9.17, 15) is 9.90 Å². The highest BCUT2D eigenvalue weighted by Crippen LogP contribution is 2.29. The van der Waals surface area contributed by atoms with Crippen molar-refractivity contribution in [2.24, 2.45) is 11.3 Å². The van der Waals surface area contributed by atoms with E-state index in [1.165, 1.54) is 12.8 Å². The fourth-order valence-corrected chi connectivity index (χ4v) is 2.97. The van der Waals surface area contributed by atoms with Gasteiger partial charge in [-0.2, -0.15) is 9.61 Å². The van der Waals surface area contributed by atoms with E-state index in [1.54, 1.807) is 16.8 Å². The van der Waals surface area contributed by atoms with E-state index in [0.717, 1.165) is 17.9 Å². The number of nitrogens with one attached hydrogen (secondary N) is 4. The standard InChI is InChI=1S/C20H27N7O2/c1-12-24-15(19(29)25-12)6-14-9-23-27-17(21-8-13-4-5-13)7-16(26-18(14)27)22-10-20(2,3)11-28/h6-7,9,13,21,24,28H,1,4-5,8,10-11H2,2-3H3,(H,22,26)(H,25,29)/b15-6-. The average molecular weight is 397 g/mol. The SMILES string of the molecule is C=c1[nH]c(=O)/c(=C/c2cnn3c(NCC4CC4)cc(NCC(C)(C)CO)nc23)[nH]1. The maximum atomic E-state index is 12.0. The third-order valence-corrected chi connectivity index (χ3v) is 5.04. The molecule has 9 heteroatoms. The summed E-state index contributed by atoms with van der Waals surface area (Å²) in [6.07, 6.45) is 5.90. The predicted molar refractivity (Wildman–Crippen MR) is 113 cm³/mol. The summed E-state index contributed by atoms with van der Waals surface area (Å²) < 4.78 is 1.75. The summed E-state index contributed by atoms with van der Waals surface area (Å²) in [6, 6.07) is 1.93. The second kappa shape index (κ2) is 7.40. The number of rotatable bonds is 8. The summed E-state index contributed by atoms with van der Waals surface area (Å²) in [5.41, 5.74) is 1.30. The van der Waals surface area contributed by atoms with Crippen LogP contribution in [0.2, 0.25) is 0 Å². The number of aliphatic hydroxyl groups is 1. The molecular weight excluding hydrogens is 370 g/mol. The minimum absolute atomic E-state index is 0.0731. The minimum atomic E-state index is -0.271. The number of nitrogens with zero attached hydrogens (tertiary/aromatic N) is 3. The Morgan fingerprint density at radius 2 is 2.17 bits per heavy atom. The highest BCUT2D eigenvalue weighted by Gasteiger charge is 2.22. The van der Waals surface area contributed by atoms with Crippen molar-refractivity contribution in [2.75, 3.05) is 30.3 Å². The van der Waals surface area contributed by atoms with Crippen molar-refractivity contribution in [3.63, 3.8) is 0 Å². The van der Waals surface area contributed by atoms with Gasteiger partial charge in [-0.15, -0.1) is 0 Å². The lowest BCUT2D eigenvalue weighted by molar-refractivity contribution is 0.170. The molecule has 0 atom stereocenters. The Morgan fingerprint density at radius 1 is 1.38 bits per heavy atom. The Morgan fingerprint density at radius 3 is 2.83 bits per heavy atom. The molecule has 29 heavy (non-hydrogen) atoms. The second-order valence-corrected chi connectivity index (χ2v) is 8.48. The molecule has 1 saturated carbocycles. The first-order valence-electron chi connectivity index (χ1n) is 9.81. The van der Waals surface area contributed by atoms with Gasteiger partial charge < -0.3 is 25.7 Å². The number of aliphatic hydroxyl groups excluding tert-OH is 1. The zero-order valence-corrected chi connectivity index (χ0v) is 16.7. The number of anilines is 2. The van der Waals surface area contributed by atoms with Gasteiger partial charge in [0.15, 0.2) is 5.65 Å². The Hall–Kier alpha value is -3.07. The van der Waals surface area contributed by atoms with Crippen LogP contribution in [0.5, 0.6) is 0 Å². The van der Waals surface area contributed by atoms with Gasteiger partial charge in [-0.3, -0.25) is 4.79 Å². The third kappa shape index (κ3) is 4.34. The molecule has 3 heterocycles. The number of aromatic amines is 2. The highest BCUT2D eigenvalue weighted by molar-refractivity contribution is 5.69. The van der Waals surface area contributed by atoms with Gasteiger partial charge in [0.25, 0.3) is 5.56 Å². The molecule has 154 valence electrons. The topological polar surface area (TPSA) is 123 Å². The fourth-order valence-electron chi connectivity index (χ4n) is 2.97. The largest absolute Gasteiger partial charge is 0.396 e. The first-order chi connectivity index (χ1) is 13.8. The van der Waals surface area contributed by atoms with Gasteiger partial charge in [-0.05, 0) is 24.8 Å². The van der Waals surface area contributed by atoms with E-state index in [1.807, 2.05) is 19.9 Å². The van der Waals surface area contributed by atoms with Crippen LogP contribution >= 0.6 is 0 Å². The molecule has 4 rings (SSSR count). The van der Waals surface area contributed by atoms with Gasteiger partial charge in [-0.1, -0.05) is 20.4 Å². The Bertz CT molecular complexity index is 1180. The lowest BCUT2D eigenvalue weighted by Gasteiger charge is -2.22. The van der Waals surface area contributed by atoms with Crippen LogP contribution < -0.4 is 27.0 Å².